The fourth-order valence-electron chi connectivity index (χ4n) is 1.37. The molecule has 0 bridgehead atoms. The van der Waals surface area contributed by atoms with E-state index in [1.54, 1.807) is 54.3 Å². The molecule has 1 aromatic carbocycles. The van der Waals surface area contributed by atoms with Crippen molar-refractivity contribution in [2.75, 3.05) is 0 Å². The molecule has 0 N–H and O–H groups in total. The molecule has 0 fully saturated rings. The van der Waals surface area contributed by atoms with Crippen molar-refractivity contribution in [1.82, 2.24) is 0 Å². The van der Waals surface area contributed by atoms with Crippen LogP contribution in [0.4, 0.5) is 0 Å². The van der Waals surface area contributed by atoms with E-state index in [1.165, 1.54) is 12.1 Å². The van der Waals surface area contributed by atoms with Crippen molar-refractivity contribution in [3.8, 4) is 5.75 Å². The molecule has 88 valence electrons. The first-order chi connectivity index (χ1) is 8.08. The predicted octanol–water partition coefficient (Wildman–Crippen LogP) is 1.28. The smallest absolute Gasteiger partial charge is 0.339 e. The molecule has 4 nitrogen and oxygen atoms in total. The summed E-state index contributed by atoms with van der Waals surface area (Å²) >= 11 is 0. The Morgan fingerprint density at radius 2 is 1.76 bits per heavy atom. The summed E-state index contributed by atoms with van der Waals surface area (Å²) < 4.78 is 30.5. The van der Waals surface area contributed by atoms with Crippen molar-refractivity contribution in [1.29, 1.82) is 0 Å². The summed E-state index contributed by atoms with van der Waals surface area (Å²) in [4.78, 5) is 0.145. The van der Waals surface area contributed by atoms with Crippen LogP contribution in [0.3, 0.4) is 0 Å². The number of aryl methyl sites for hydroxylation is 1. The van der Waals surface area contributed by atoms with Gasteiger partial charge in [0.2, 0.25) is 11.9 Å². The first kappa shape index (κ1) is 11.6. The molecule has 2 aromatic rings. The summed E-state index contributed by atoms with van der Waals surface area (Å²) in [5, 5.41) is 0. The Labute approximate surface area is 100 Å². The number of hydrogen-bond acceptors (Lipinski definition) is 3. The Morgan fingerprint density at radius 3 is 2.41 bits per heavy atom. The molecule has 0 aliphatic rings. The molecule has 5 heteroatoms. The van der Waals surface area contributed by atoms with Crippen molar-refractivity contribution in [2.45, 2.75) is 4.90 Å². The molecule has 0 spiro atoms. The zero-order valence-corrected chi connectivity index (χ0v) is 10.1. The van der Waals surface area contributed by atoms with Crippen LogP contribution in [0.15, 0.2) is 59.8 Å². The van der Waals surface area contributed by atoms with E-state index in [0.29, 0.717) is 5.75 Å². The Balaban J connectivity index is 2.30. The highest BCUT2D eigenvalue weighted by molar-refractivity contribution is 7.87. The van der Waals surface area contributed by atoms with Gasteiger partial charge >= 0.3 is 10.1 Å². The topological polar surface area (TPSA) is 47.2 Å². The summed E-state index contributed by atoms with van der Waals surface area (Å²) in [6, 6.07) is 11.4. The number of hydrogen-bond donors (Lipinski definition) is 0. The molecule has 17 heavy (non-hydrogen) atoms. The Kier molecular flexibility index (Phi) is 3.10. The predicted molar refractivity (Wildman–Crippen MR) is 61.9 cm³/mol. The average Bonchev–Trinajstić information content (AvgIpc) is 2.29. The third-order valence-electron chi connectivity index (χ3n) is 2.15. The van der Waals surface area contributed by atoms with Gasteiger partial charge in [-0.1, -0.05) is 18.2 Å². The zero-order valence-electron chi connectivity index (χ0n) is 9.28. The number of pyridine rings is 1. The maximum absolute atomic E-state index is 11.9. The van der Waals surface area contributed by atoms with Crippen LogP contribution in [0.25, 0.3) is 0 Å². The maximum atomic E-state index is 11.9. The molecule has 0 saturated heterocycles. The van der Waals surface area contributed by atoms with Crippen LogP contribution in [-0.4, -0.2) is 8.42 Å². The van der Waals surface area contributed by atoms with Gasteiger partial charge in [-0.15, -0.1) is 0 Å². The molecule has 0 atom stereocenters. The molecule has 2 rings (SSSR count). The minimum atomic E-state index is -3.74. The van der Waals surface area contributed by atoms with Gasteiger partial charge in [-0.2, -0.15) is 8.42 Å². The molecule has 1 heterocycles. The van der Waals surface area contributed by atoms with Crippen molar-refractivity contribution >= 4 is 10.1 Å². The normalized spacial score (nSPS) is 11.1. The molecule has 0 radical (unpaired) electrons. The number of benzene rings is 1. The van der Waals surface area contributed by atoms with Crippen molar-refractivity contribution in [3.05, 3.63) is 54.9 Å². The molecule has 0 saturated carbocycles. The molecule has 0 aliphatic heterocycles. The van der Waals surface area contributed by atoms with Crippen molar-refractivity contribution in [3.63, 3.8) is 0 Å². The van der Waals surface area contributed by atoms with Gasteiger partial charge in [-0.05, 0) is 18.2 Å². The standard InChI is InChI=1S/C12H12NO3S/c1-13-9-5-6-11(10-13)16-17(14,15)12-7-3-2-4-8-12/h2-10H,1H3/q+1. The van der Waals surface area contributed by atoms with Crippen LogP contribution >= 0.6 is 0 Å². The highest BCUT2D eigenvalue weighted by Gasteiger charge is 2.16. The Hall–Kier alpha value is -1.88. The largest absolute Gasteiger partial charge is 0.373 e. The minimum Gasteiger partial charge on any atom is -0.373 e. The minimum absolute atomic E-state index is 0.145. The van der Waals surface area contributed by atoms with Crippen molar-refractivity contribution in [2.24, 2.45) is 7.05 Å². The van der Waals surface area contributed by atoms with Gasteiger partial charge in [0.25, 0.3) is 0 Å². The SMILES string of the molecule is C[n+]1cccc(OS(=O)(=O)c2ccccc2)c1. The summed E-state index contributed by atoms with van der Waals surface area (Å²) in [7, 11) is -1.95. The molecule has 1 aromatic heterocycles. The lowest BCUT2D eigenvalue weighted by molar-refractivity contribution is -0.671. The zero-order chi connectivity index (χ0) is 12.3. The van der Waals surface area contributed by atoms with Gasteiger partial charge in [-0.25, -0.2) is 4.57 Å². The van der Waals surface area contributed by atoms with Crippen LogP contribution in [0, 0.1) is 0 Å². The lowest BCUT2D eigenvalue weighted by Crippen LogP contribution is -2.26. The monoisotopic (exact) mass is 250 g/mol. The van der Waals surface area contributed by atoms with E-state index in [2.05, 4.69) is 0 Å². The van der Waals surface area contributed by atoms with Gasteiger partial charge in [-0.3, -0.25) is 0 Å². The second-order valence-corrected chi connectivity index (χ2v) is 5.10. The fourth-order valence-corrected chi connectivity index (χ4v) is 2.31. The summed E-state index contributed by atoms with van der Waals surface area (Å²) in [5.74, 6) is 0.291. The van der Waals surface area contributed by atoms with E-state index in [9.17, 15) is 8.42 Å². The highest BCUT2D eigenvalue weighted by Crippen LogP contribution is 2.16. The Bertz CT molecular complexity index is 609. The quantitative estimate of drug-likeness (QED) is 0.609. The van der Waals surface area contributed by atoms with Gasteiger partial charge in [0, 0.05) is 6.07 Å². The molecule has 0 aliphatic carbocycles. The summed E-state index contributed by atoms with van der Waals surface area (Å²) in [5.41, 5.74) is 0. The van der Waals surface area contributed by atoms with Crippen LogP contribution in [0.5, 0.6) is 5.75 Å². The van der Waals surface area contributed by atoms with Crippen LogP contribution < -0.4 is 8.75 Å². The van der Waals surface area contributed by atoms with E-state index >= 15 is 0 Å². The first-order valence-electron chi connectivity index (χ1n) is 5.03. The average molecular weight is 250 g/mol. The van der Waals surface area contributed by atoms with E-state index in [4.69, 9.17) is 4.18 Å². The fraction of sp³-hybridized carbons (Fsp3) is 0.0833. The number of rotatable bonds is 3. The number of aromatic nitrogens is 1. The second-order valence-electron chi connectivity index (χ2n) is 3.56. The Morgan fingerprint density at radius 1 is 1.06 bits per heavy atom. The van der Waals surface area contributed by atoms with Crippen LogP contribution in [-0.2, 0) is 17.2 Å². The van der Waals surface area contributed by atoms with E-state index in [1.807, 2.05) is 0 Å². The highest BCUT2D eigenvalue weighted by atomic mass is 32.2. The van der Waals surface area contributed by atoms with Gasteiger partial charge in [0.1, 0.15) is 11.9 Å². The van der Waals surface area contributed by atoms with E-state index < -0.39 is 10.1 Å². The summed E-state index contributed by atoms with van der Waals surface area (Å²) in [6.45, 7) is 0. The second kappa shape index (κ2) is 4.55. The third-order valence-corrected chi connectivity index (χ3v) is 3.41. The van der Waals surface area contributed by atoms with Gasteiger partial charge in [0.05, 0.1) is 0 Å². The number of nitrogens with zero attached hydrogens (tertiary/aromatic N) is 1. The molecule has 0 amide bonds. The molecular weight excluding hydrogens is 238 g/mol. The van der Waals surface area contributed by atoms with Crippen molar-refractivity contribution < 1.29 is 17.2 Å². The third kappa shape index (κ3) is 2.82. The van der Waals surface area contributed by atoms with E-state index in [-0.39, 0.29) is 4.90 Å². The van der Waals surface area contributed by atoms with Gasteiger partial charge in [0.15, 0.2) is 6.20 Å². The lowest BCUT2D eigenvalue weighted by Gasteiger charge is -2.05. The van der Waals surface area contributed by atoms with Crippen LogP contribution in [0.2, 0.25) is 0 Å². The van der Waals surface area contributed by atoms with Gasteiger partial charge < -0.3 is 4.18 Å². The molecule has 0 unspecified atom stereocenters. The maximum Gasteiger partial charge on any atom is 0.339 e. The van der Waals surface area contributed by atoms with Crippen LogP contribution in [0.1, 0.15) is 0 Å². The van der Waals surface area contributed by atoms with E-state index in [0.717, 1.165) is 0 Å². The molecular formula is C12H12NO3S+. The first-order valence-corrected chi connectivity index (χ1v) is 6.43. The lowest BCUT2D eigenvalue weighted by atomic mass is 10.4. The summed E-state index contributed by atoms with van der Waals surface area (Å²) in [6.07, 6.45) is 3.39.